The lowest BCUT2D eigenvalue weighted by Gasteiger charge is -2.00. The van der Waals surface area contributed by atoms with Crippen molar-refractivity contribution < 1.29 is 0 Å². The number of nitrogens with one attached hydrogen (secondary N) is 1. The van der Waals surface area contributed by atoms with Gasteiger partial charge in [0.25, 0.3) is 0 Å². The van der Waals surface area contributed by atoms with E-state index < -0.39 is 0 Å². The molecule has 78 valence electrons. The Morgan fingerprint density at radius 3 is 2.67 bits per heavy atom. The lowest BCUT2D eigenvalue weighted by Crippen LogP contribution is -2.00. The fourth-order valence-electron chi connectivity index (χ4n) is 1.01. The molecule has 7 heteroatoms. The molecule has 15 heavy (non-hydrogen) atoms. The van der Waals surface area contributed by atoms with Crippen molar-refractivity contribution in [2.75, 3.05) is 5.32 Å². The molecule has 2 aromatic heterocycles. The maximum Gasteiger partial charge on any atom is 0.233 e. The van der Waals surface area contributed by atoms with Gasteiger partial charge in [-0.25, -0.2) is 9.97 Å². The Morgan fingerprint density at radius 2 is 2.07 bits per heavy atom. The van der Waals surface area contributed by atoms with E-state index in [-0.39, 0.29) is 5.28 Å². The van der Waals surface area contributed by atoms with Crippen LogP contribution in [0.1, 0.15) is 10.7 Å². The van der Waals surface area contributed by atoms with Crippen LogP contribution in [-0.2, 0) is 0 Å². The van der Waals surface area contributed by atoms with Crippen LogP contribution in [0, 0.1) is 13.8 Å². The van der Waals surface area contributed by atoms with Crippen LogP contribution in [0.15, 0.2) is 6.20 Å². The van der Waals surface area contributed by atoms with Crippen LogP contribution in [-0.4, -0.2) is 19.9 Å². The first kappa shape index (κ1) is 10.3. The molecule has 0 saturated carbocycles. The number of hydrogen-bond donors (Lipinski definition) is 1. The third kappa shape index (κ3) is 2.60. The number of nitrogens with zero attached hydrogens (tertiary/aromatic N) is 4. The van der Waals surface area contributed by atoms with Crippen molar-refractivity contribution in [3.63, 3.8) is 0 Å². The number of rotatable bonds is 2. The van der Waals surface area contributed by atoms with Crippen LogP contribution in [0.2, 0.25) is 5.28 Å². The number of hydrogen-bond acceptors (Lipinski definition) is 6. The predicted octanol–water partition coefficient (Wildman–Crippen LogP) is 2.34. The Kier molecular flexibility index (Phi) is 2.79. The molecule has 0 aliphatic heterocycles. The number of aromatic nitrogens is 4. The average Bonchev–Trinajstić information content (AvgIpc) is 2.49. The van der Waals surface area contributed by atoms with Gasteiger partial charge >= 0.3 is 0 Å². The minimum atomic E-state index is 0.179. The molecule has 0 unspecified atom stereocenters. The lowest BCUT2D eigenvalue weighted by atomic mass is 10.7. The molecule has 0 radical (unpaired) electrons. The fourth-order valence-corrected chi connectivity index (χ4v) is 1.87. The maximum absolute atomic E-state index is 5.70. The first-order chi connectivity index (χ1) is 7.13. The molecule has 0 amide bonds. The van der Waals surface area contributed by atoms with E-state index in [0.29, 0.717) is 11.8 Å². The zero-order valence-corrected chi connectivity index (χ0v) is 9.72. The van der Waals surface area contributed by atoms with Crippen LogP contribution in [0.25, 0.3) is 0 Å². The van der Waals surface area contributed by atoms with Gasteiger partial charge in [-0.3, -0.25) is 5.32 Å². The van der Waals surface area contributed by atoms with Crippen molar-refractivity contribution in [1.29, 1.82) is 0 Å². The number of thiazole rings is 1. The molecule has 0 spiro atoms. The summed E-state index contributed by atoms with van der Waals surface area (Å²) in [4.78, 5) is 17.1. The SMILES string of the molecule is Cc1nc(Cl)nc(Nc2ncc(C)s2)n1. The molecule has 2 heterocycles. The van der Waals surface area contributed by atoms with Crippen molar-refractivity contribution in [3.8, 4) is 0 Å². The molecule has 0 atom stereocenters. The Bertz CT molecular complexity index is 463. The summed E-state index contributed by atoms with van der Waals surface area (Å²) < 4.78 is 0. The van der Waals surface area contributed by atoms with Crippen LogP contribution in [0.3, 0.4) is 0 Å². The standard InChI is InChI=1S/C8H8ClN5S/c1-4-3-10-8(15-4)14-7-12-5(2)11-6(9)13-7/h3H,1-2H3,(H,10,11,12,13,14). The van der Waals surface area contributed by atoms with Crippen molar-refractivity contribution >= 4 is 34.0 Å². The second-order valence-corrected chi connectivity index (χ2v) is 4.45. The molecular weight excluding hydrogens is 234 g/mol. The van der Waals surface area contributed by atoms with Gasteiger partial charge in [0.2, 0.25) is 11.2 Å². The molecule has 2 aromatic rings. The number of halogens is 1. The summed E-state index contributed by atoms with van der Waals surface area (Å²) in [5, 5.41) is 3.89. The highest BCUT2D eigenvalue weighted by molar-refractivity contribution is 7.15. The Hall–Kier alpha value is -1.27. The lowest BCUT2D eigenvalue weighted by molar-refractivity contribution is 0.982. The van der Waals surface area contributed by atoms with Crippen LogP contribution >= 0.6 is 22.9 Å². The molecule has 0 fully saturated rings. The topological polar surface area (TPSA) is 63.6 Å². The van der Waals surface area contributed by atoms with E-state index in [1.165, 1.54) is 11.3 Å². The largest absolute Gasteiger partial charge is 0.300 e. The minimum absolute atomic E-state index is 0.179. The Labute approximate surface area is 95.6 Å². The van der Waals surface area contributed by atoms with Gasteiger partial charge in [0.1, 0.15) is 5.82 Å². The molecule has 0 aromatic carbocycles. The van der Waals surface area contributed by atoms with Gasteiger partial charge in [-0.15, -0.1) is 11.3 Å². The first-order valence-corrected chi connectivity index (χ1v) is 5.40. The summed E-state index contributed by atoms with van der Waals surface area (Å²) >= 11 is 7.23. The number of aryl methyl sites for hydroxylation is 2. The smallest absolute Gasteiger partial charge is 0.233 e. The van der Waals surface area contributed by atoms with E-state index in [0.717, 1.165) is 10.0 Å². The Balaban J connectivity index is 2.24. The minimum Gasteiger partial charge on any atom is -0.300 e. The van der Waals surface area contributed by atoms with E-state index in [2.05, 4.69) is 25.3 Å². The van der Waals surface area contributed by atoms with E-state index in [1.54, 1.807) is 13.1 Å². The maximum atomic E-state index is 5.70. The van der Waals surface area contributed by atoms with Gasteiger partial charge in [0, 0.05) is 11.1 Å². The summed E-state index contributed by atoms with van der Waals surface area (Å²) in [5.41, 5.74) is 0. The van der Waals surface area contributed by atoms with Crippen molar-refractivity contribution in [3.05, 3.63) is 22.2 Å². The molecule has 5 nitrogen and oxygen atoms in total. The predicted molar refractivity (Wildman–Crippen MR) is 59.7 cm³/mol. The van der Waals surface area contributed by atoms with E-state index in [1.807, 2.05) is 6.92 Å². The van der Waals surface area contributed by atoms with Gasteiger partial charge in [-0.2, -0.15) is 9.97 Å². The summed E-state index contributed by atoms with van der Waals surface area (Å²) in [7, 11) is 0. The summed E-state index contributed by atoms with van der Waals surface area (Å²) in [6.07, 6.45) is 1.78. The molecule has 1 N–H and O–H groups in total. The van der Waals surface area contributed by atoms with E-state index >= 15 is 0 Å². The van der Waals surface area contributed by atoms with Crippen LogP contribution in [0.4, 0.5) is 11.1 Å². The number of anilines is 2. The molecular formula is C8H8ClN5S. The summed E-state index contributed by atoms with van der Waals surface area (Å²) in [6.45, 7) is 3.74. The van der Waals surface area contributed by atoms with Crippen molar-refractivity contribution in [2.24, 2.45) is 0 Å². The second kappa shape index (κ2) is 4.08. The zero-order valence-electron chi connectivity index (χ0n) is 8.15. The molecule has 0 aliphatic carbocycles. The third-order valence-electron chi connectivity index (χ3n) is 1.56. The third-order valence-corrected chi connectivity index (χ3v) is 2.56. The van der Waals surface area contributed by atoms with E-state index in [4.69, 9.17) is 11.6 Å². The van der Waals surface area contributed by atoms with Gasteiger partial charge in [-0.1, -0.05) is 0 Å². The molecule has 0 bridgehead atoms. The van der Waals surface area contributed by atoms with Gasteiger partial charge in [-0.05, 0) is 25.4 Å². The van der Waals surface area contributed by atoms with Crippen LogP contribution in [0.5, 0.6) is 0 Å². The van der Waals surface area contributed by atoms with Crippen molar-refractivity contribution in [1.82, 2.24) is 19.9 Å². The second-order valence-electron chi connectivity index (χ2n) is 2.88. The molecule has 0 saturated heterocycles. The van der Waals surface area contributed by atoms with Gasteiger partial charge in [0.15, 0.2) is 5.13 Å². The first-order valence-electron chi connectivity index (χ1n) is 4.21. The normalized spacial score (nSPS) is 10.3. The highest BCUT2D eigenvalue weighted by Gasteiger charge is 2.04. The van der Waals surface area contributed by atoms with Gasteiger partial charge < -0.3 is 0 Å². The van der Waals surface area contributed by atoms with E-state index in [9.17, 15) is 0 Å². The van der Waals surface area contributed by atoms with Crippen molar-refractivity contribution in [2.45, 2.75) is 13.8 Å². The monoisotopic (exact) mass is 241 g/mol. The quantitative estimate of drug-likeness (QED) is 0.874. The summed E-state index contributed by atoms with van der Waals surface area (Å²) in [5.74, 6) is 0.993. The molecule has 2 rings (SSSR count). The fraction of sp³-hybridized carbons (Fsp3) is 0.250. The van der Waals surface area contributed by atoms with Gasteiger partial charge in [0.05, 0.1) is 0 Å². The highest BCUT2D eigenvalue weighted by atomic mass is 35.5. The zero-order chi connectivity index (χ0) is 10.8. The average molecular weight is 242 g/mol. The van der Waals surface area contributed by atoms with Crippen LogP contribution < -0.4 is 5.32 Å². The Morgan fingerprint density at radius 1 is 1.27 bits per heavy atom. The molecule has 0 aliphatic rings. The summed E-state index contributed by atoms with van der Waals surface area (Å²) in [6, 6.07) is 0. The highest BCUT2D eigenvalue weighted by Crippen LogP contribution is 2.19.